The number of sulfonamides is 1. The van der Waals surface area contributed by atoms with Gasteiger partial charge in [-0.1, -0.05) is 13.0 Å². The second-order valence-corrected chi connectivity index (χ2v) is 7.58. The van der Waals surface area contributed by atoms with Crippen LogP contribution in [0.5, 0.6) is 0 Å². The lowest BCUT2D eigenvalue weighted by Crippen LogP contribution is -2.37. The van der Waals surface area contributed by atoms with Crippen LogP contribution in [0.4, 0.5) is 0 Å². The zero-order valence-corrected chi connectivity index (χ0v) is 13.0. The van der Waals surface area contributed by atoms with Gasteiger partial charge in [-0.05, 0) is 61.8 Å². The molecule has 1 aliphatic rings. The maximum atomic E-state index is 12.4. The summed E-state index contributed by atoms with van der Waals surface area (Å²) < 4.78 is 27.7. The van der Waals surface area contributed by atoms with Crippen LogP contribution in [0.1, 0.15) is 43.7 Å². The van der Waals surface area contributed by atoms with E-state index in [4.69, 9.17) is 5.73 Å². The topological polar surface area (TPSA) is 72.2 Å². The van der Waals surface area contributed by atoms with E-state index >= 15 is 0 Å². The van der Waals surface area contributed by atoms with Gasteiger partial charge in [0.1, 0.15) is 0 Å². The summed E-state index contributed by atoms with van der Waals surface area (Å²) in [5.74, 6) is 0.707. The highest BCUT2D eigenvalue weighted by Gasteiger charge is 2.24. The predicted octanol–water partition coefficient (Wildman–Crippen LogP) is 2.31. The van der Waals surface area contributed by atoms with Gasteiger partial charge in [-0.2, -0.15) is 0 Å². The Balaban J connectivity index is 2.14. The minimum atomic E-state index is -3.43. The Morgan fingerprint density at radius 3 is 2.50 bits per heavy atom. The van der Waals surface area contributed by atoms with Gasteiger partial charge in [-0.25, -0.2) is 13.1 Å². The molecule has 0 bridgehead atoms. The molecule has 4 nitrogen and oxygen atoms in total. The molecule has 3 N–H and O–H groups in total. The van der Waals surface area contributed by atoms with Crippen molar-refractivity contribution in [1.29, 1.82) is 0 Å². The summed E-state index contributed by atoms with van der Waals surface area (Å²) >= 11 is 0. The van der Waals surface area contributed by atoms with Crippen molar-refractivity contribution in [3.05, 3.63) is 29.3 Å². The van der Waals surface area contributed by atoms with Crippen molar-refractivity contribution in [2.24, 2.45) is 11.7 Å². The highest BCUT2D eigenvalue weighted by atomic mass is 32.2. The van der Waals surface area contributed by atoms with E-state index in [-0.39, 0.29) is 6.04 Å². The molecule has 1 aliphatic carbocycles. The van der Waals surface area contributed by atoms with Gasteiger partial charge in [-0.3, -0.25) is 0 Å². The lowest BCUT2D eigenvalue weighted by atomic mass is 9.88. The van der Waals surface area contributed by atoms with Crippen LogP contribution in [0.2, 0.25) is 0 Å². The lowest BCUT2D eigenvalue weighted by molar-refractivity contribution is 0.332. The normalized spacial score (nSPS) is 23.8. The first-order valence-corrected chi connectivity index (χ1v) is 8.72. The Morgan fingerprint density at radius 2 is 1.90 bits per heavy atom. The van der Waals surface area contributed by atoms with Crippen molar-refractivity contribution in [1.82, 2.24) is 4.72 Å². The Kier molecular flexibility index (Phi) is 4.83. The Hall–Kier alpha value is -0.910. The molecule has 0 saturated heterocycles. The van der Waals surface area contributed by atoms with Crippen molar-refractivity contribution in [3.63, 3.8) is 0 Å². The van der Waals surface area contributed by atoms with E-state index in [0.717, 1.165) is 36.8 Å². The number of hydrogen-bond acceptors (Lipinski definition) is 3. The van der Waals surface area contributed by atoms with E-state index in [0.29, 0.717) is 17.4 Å². The van der Waals surface area contributed by atoms with Crippen molar-refractivity contribution >= 4 is 10.0 Å². The number of hydrogen-bond donors (Lipinski definition) is 2. The molecule has 0 unspecified atom stereocenters. The van der Waals surface area contributed by atoms with Crippen LogP contribution in [0.25, 0.3) is 0 Å². The van der Waals surface area contributed by atoms with Crippen LogP contribution >= 0.6 is 0 Å². The molecule has 0 heterocycles. The number of benzene rings is 1. The number of aryl methyl sites for hydroxylation is 1. The first kappa shape index (κ1) is 15.5. The maximum Gasteiger partial charge on any atom is 0.240 e. The fourth-order valence-corrected chi connectivity index (χ4v) is 4.06. The molecule has 0 aliphatic heterocycles. The Labute approximate surface area is 121 Å². The summed E-state index contributed by atoms with van der Waals surface area (Å²) in [7, 11) is -3.43. The quantitative estimate of drug-likeness (QED) is 0.895. The number of nitrogens with two attached hydrogens (primary N) is 1. The minimum absolute atomic E-state index is 0.0684. The van der Waals surface area contributed by atoms with Crippen LogP contribution in [0, 0.1) is 12.8 Å². The molecule has 1 fully saturated rings. The molecule has 20 heavy (non-hydrogen) atoms. The maximum absolute atomic E-state index is 12.4. The van der Waals surface area contributed by atoms with Crippen LogP contribution in [0.15, 0.2) is 23.1 Å². The van der Waals surface area contributed by atoms with Crippen molar-refractivity contribution in [2.45, 2.75) is 57.0 Å². The molecule has 0 atom stereocenters. The molecule has 112 valence electrons. The molecular weight excluding hydrogens is 272 g/mol. The zero-order valence-electron chi connectivity index (χ0n) is 12.2. The Bertz CT molecular complexity index is 561. The highest BCUT2D eigenvalue weighted by molar-refractivity contribution is 7.89. The van der Waals surface area contributed by atoms with Gasteiger partial charge in [0.05, 0.1) is 4.90 Å². The molecular formula is C15H24N2O2S. The summed E-state index contributed by atoms with van der Waals surface area (Å²) in [6.07, 6.45) is 4.04. The zero-order chi connectivity index (χ0) is 14.8. The standard InChI is InChI=1S/C15H24N2O2S/c1-11-3-6-14(7-4-11)17-20(18,19)15-8-5-12(2)13(9-15)10-16/h5,8-9,11,14,17H,3-4,6-7,10,16H2,1-2H3. The van der Waals surface area contributed by atoms with Gasteiger partial charge in [0.2, 0.25) is 10.0 Å². The third kappa shape index (κ3) is 3.59. The van der Waals surface area contributed by atoms with Crippen LogP contribution in [0.3, 0.4) is 0 Å². The molecule has 0 spiro atoms. The van der Waals surface area contributed by atoms with Crippen molar-refractivity contribution < 1.29 is 8.42 Å². The second kappa shape index (κ2) is 6.24. The van der Waals surface area contributed by atoms with E-state index in [2.05, 4.69) is 11.6 Å². The van der Waals surface area contributed by atoms with E-state index in [1.807, 2.05) is 13.0 Å². The van der Waals surface area contributed by atoms with E-state index in [1.165, 1.54) is 0 Å². The molecule has 0 amide bonds. The summed E-state index contributed by atoms with van der Waals surface area (Å²) in [6, 6.07) is 5.23. The third-order valence-corrected chi connectivity index (χ3v) is 5.71. The molecule has 0 radical (unpaired) electrons. The van der Waals surface area contributed by atoms with E-state index in [9.17, 15) is 8.42 Å². The van der Waals surface area contributed by atoms with Crippen LogP contribution in [-0.4, -0.2) is 14.5 Å². The summed E-state index contributed by atoms with van der Waals surface area (Å²) in [5, 5.41) is 0. The lowest BCUT2D eigenvalue weighted by Gasteiger charge is -2.26. The van der Waals surface area contributed by atoms with Gasteiger partial charge in [0.15, 0.2) is 0 Å². The van der Waals surface area contributed by atoms with Gasteiger partial charge in [-0.15, -0.1) is 0 Å². The monoisotopic (exact) mass is 296 g/mol. The molecule has 1 aromatic carbocycles. The molecule has 0 aromatic heterocycles. The summed E-state index contributed by atoms with van der Waals surface area (Å²) in [4.78, 5) is 0.321. The van der Waals surface area contributed by atoms with Gasteiger partial charge in [0.25, 0.3) is 0 Å². The molecule has 5 heteroatoms. The minimum Gasteiger partial charge on any atom is -0.326 e. The average Bonchev–Trinajstić information content (AvgIpc) is 2.41. The van der Waals surface area contributed by atoms with Gasteiger partial charge < -0.3 is 5.73 Å². The van der Waals surface area contributed by atoms with Crippen LogP contribution < -0.4 is 10.5 Å². The average molecular weight is 296 g/mol. The second-order valence-electron chi connectivity index (χ2n) is 5.87. The SMILES string of the molecule is Cc1ccc(S(=O)(=O)NC2CCC(C)CC2)cc1CN. The first-order valence-electron chi connectivity index (χ1n) is 7.24. The first-order chi connectivity index (χ1) is 9.42. The third-order valence-electron chi connectivity index (χ3n) is 4.19. The van der Waals surface area contributed by atoms with E-state index in [1.54, 1.807) is 12.1 Å². The predicted molar refractivity (Wildman–Crippen MR) is 80.8 cm³/mol. The smallest absolute Gasteiger partial charge is 0.240 e. The molecule has 1 aromatic rings. The fourth-order valence-electron chi connectivity index (χ4n) is 2.70. The van der Waals surface area contributed by atoms with Crippen molar-refractivity contribution in [2.75, 3.05) is 0 Å². The summed E-state index contributed by atoms with van der Waals surface area (Å²) in [6.45, 7) is 4.52. The Morgan fingerprint density at radius 1 is 1.25 bits per heavy atom. The van der Waals surface area contributed by atoms with Gasteiger partial charge in [0, 0.05) is 12.6 Å². The molecule has 1 saturated carbocycles. The van der Waals surface area contributed by atoms with Gasteiger partial charge >= 0.3 is 0 Å². The number of rotatable bonds is 4. The number of nitrogens with one attached hydrogen (secondary N) is 1. The van der Waals surface area contributed by atoms with Crippen LogP contribution in [-0.2, 0) is 16.6 Å². The molecule has 2 rings (SSSR count). The van der Waals surface area contributed by atoms with E-state index < -0.39 is 10.0 Å². The largest absolute Gasteiger partial charge is 0.326 e. The fraction of sp³-hybridized carbons (Fsp3) is 0.600. The van der Waals surface area contributed by atoms with Crippen molar-refractivity contribution in [3.8, 4) is 0 Å². The highest BCUT2D eigenvalue weighted by Crippen LogP contribution is 2.25. The summed E-state index contributed by atoms with van der Waals surface area (Å²) in [5.41, 5.74) is 7.55.